The van der Waals surface area contributed by atoms with Crippen LogP contribution in [0.1, 0.15) is 65.5 Å². The van der Waals surface area contributed by atoms with Crippen LogP contribution in [0.3, 0.4) is 0 Å². The Morgan fingerprint density at radius 3 is 1.93 bits per heavy atom. The smallest absolute Gasteiger partial charge is 0.340 e. The second kappa shape index (κ2) is 12.7. The van der Waals surface area contributed by atoms with Gasteiger partial charge in [0.25, 0.3) is 0 Å². The lowest BCUT2D eigenvalue weighted by Gasteiger charge is -2.42. The van der Waals surface area contributed by atoms with Crippen LogP contribution >= 0.6 is 0 Å². The van der Waals surface area contributed by atoms with Crippen LogP contribution in [0.5, 0.6) is 23.0 Å². The van der Waals surface area contributed by atoms with Crippen LogP contribution in [0.2, 0.25) is 0 Å². The molecule has 6 heterocycles. The predicted octanol–water partition coefficient (Wildman–Crippen LogP) is 10.2. The third-order valence-corrected chi connectivity index (χ3v) is 12.4. The molecule has 1 aliphatic carbocycles. The molecule has 294 valence electrons. The Kier molecular flexibility index (Phi) is 7.74. The fraction of sp³-hybridized carbons (Fsp3) is 0.347. The highest BCUT2D eigenvalue weighted by Crippen LogP contribution is 2.54. The fourth-order valence-electron chi connectivity index (χ4n) is 9.54. The number of ether oxygens (including phenoxy) is 5. The number of nitrogens with zero attached hydrogens (tertiary/aromatic N) is 2. The van der Waals surface area contributed by atoms with Crippen LogP contribution in [-0.4, -0.2) is 39.2 Å². The summed E-state index contributed by atoms with van der Waals surface area (Å²) >= 11 is 0. The summed E-state index contributed by atoms with van der Waals surface area (Å²) in [6.45, 7) is 18.0. The zero-order valence-corrected chi connectivity index (χ0v) is 34.4. The average Bonchev–Trinajstić information content (AvgIpc) is 3.53. The topological polar surface area (TPSA) is 65.8 Å². The van der Waals surface area contributed by atoms with Crippen molar-refractivity contribution in [3.8, 4) is 23.0 Å². The minimum Gasteiger partial charge on any atom is -0.497 e. The van der Waals surface area contributed by atoms with Crippen LogP contribution in [0.25, 0.3) is 11.0 Å². The molecule has 2 atom stereocenters. The van der Waals surface area contributed by atoms with E-state index in [0.717, 1.165) is 103 Å². The van der Waals surface area contributed by atoms with Gasteiger partial charge in [-0.1, -0.05) is 59.8 Å². The normalized spacial score (nSPS) is 20.5. The standard InChI is InChI=1S/C49H49BN2O6/c1-28-22-35-43-36(23-28)52(32-13-17-40-42(27-32)56-21-9-19-54-40)45-34-25-30(49(5,6)7)11-15-38(34)58-47(45)50(43)46-44(33-24-29(48(2,3)4)10-14-37(33)57-46)51(35)31-12-16-39-41(26-31)55-20-8-18-53-39/h10-17,22-27,33,37H,8-9,18-21H2,1-7H3. The third-order valence-electron chi connectivity index (χ3n) is 12.4. The molecule has 0 N–H and O–H groups in total. The van der Waals surface area contributed by atoms with Gasteiger partial charge in [-0.05, 0) is 94.5 Å². The minimum absolute atomic E-state index is 0.0256. The molecule has 9 heteroatoms. The van der Waals surface area contributed by atoms with Gasteiger partial charge < -0.3 is 37.9 Å². The van der Waals surface area contributed by atoms with Crippen LogP contribution in [0, 0.1) is 18.3 Å². The van der Waals surface area contributed by atoms with Gasteiger partial charge in [-0.15, -0.1) is 0 Å². The van der Waals surface area contributed by atoms with E-state index in [1.807, 2.05) is 6.07 Å². The highest BCUT2D eigenvalue weighted by molar-refractivity contribution is 6.94. The summed E-state index contributed by atoms with van der Waals surface area (Å²) < 4.78 is 39.4. The van der Waals surface area contributed by atoms with Crippen LogP contribution in [0.4, 0.5) is 28.4 Å². The highest BCUT2D eigenvalue weighted by Gasteiger charge is 2.54. The molecule has 6 aliphatic rings. The lowest BCUT2D eigenvalue weighted by molar-refractivity contribution is 0.179. The SMILES string of the molecule is Cc1cc2c3c(c1)N(c1ccc4c(c1)OCCCO4)c1c(oc4ccc(C(C)(C)C)cc14)B3C1=C(C3C=C(C(C)(C)C)C=CC3O1)N2c1ccc2c(c1)OCCCO2. The van der Waals surface area contributed by atoms with Crippen molar-refractivity contribution in [1.29, 1.82) is 0 Å². The number of furan rings is 1. The first-order valence-electron chi connectivity index (χ1n) is 20.8. The van der Waals surface area contributed by atoms with E-state index in [0.29, 0.717) is 26.4 Å². The number of fused-ring (bicyclic) bond motifs is 9. The van der Waals surface area contributed by atoms with Crippen LogP contribution in [-0.2, 0) is 10.2 Å². The van der Waals surface area contributed by atoms with Crippen molar-refractivity contribution in [3.05, 3.63) is 113 Å². The molecule has 5 aromatic rings. The van der Waals surface area contributed by atoms with Crippen molar-refractivity contribution in [1.82, 2.24) is 0 Å². The Labute approximate surface area is 340 Å². The summed E-state index contributed by atoms with van der Waals surface area (Å²) in [6, 6.07) is 24.0. The van der Waals surface area contributed by atoms with Crippen molar-refractivity contribution in [2.45, 2.75) is 72.8 Å². The van der Waals surface area contributed by atoms with Gasteiger partial charge in [-0.3, -0.25) is 0 Å². The zero-order chi connectivity index (χ0) is 39.7. The summed E-state index contributed by atoms with van der Waals surface area (Å²) in [5.74, 6) is 3.02. The zero-order valence-electron chi connectivity index (χ0n) is 34.4. The largest absolute Gasteiger partial charge is 0.497 e. The van der Waals surface area contributed by atoms with Gasteiger partial charge in [0.1, 0.15) is 17.3 Å². The average molecular weight is 773 g/mol. The van der Waals surface area contributed by atoms with E-state index in [1.165, 1.54) is 11.1 Å². The number of hydrogen-bond donors (Lipinski definition) is 0. The number of rotatable bonds is 2. The molecule has 8 nitrogen and oxygen atoms in total. The second-order valence-corrected chi connectivity index (χ2v) is 18.5. The van der Waals surface area contributed by atoms with Crippen molar-refractivity contribution in [3.63, 3.8) is 0 Å². The summed E-state index contributed by atoms with van der Waals surface area (Å²) in [7, 11) is 0. The first-order chi connectivity index (χ1) is 27.9. The van der Waals surface area contributed by atoms with Gasteiger partial charge in [0.05, 0.1) is 55.1 Å². The van der Waals surface area contributed by atoms with E-state index in [-0.39, 0.29) is 29.6 Å². The van der Waals surface area contributed by atoms with E-state index in [4.69, 9.17) is 28.1 Å². The van der Waals surface area contributed by atoms with E-state index in [2.05, 4.69) is 137 Å². The summed E-state index contributed by atoms with van der Waals surface area (Å²) in [5, 5.41) is 1.07. The molecule has 58 heavy (non-hydrogen) atoms. The summed E-state index contributed by atoms with van der Waals surface area (Å²) in [5.41, 5.74) is 13.7. The van der Waals surface area contributed by atoms with Gasteiger partial charge in [-0.2, -0.15) is 0 Å². The minimum atomic E-state index is -0.292. The number of aryl methyl sites for hydroxylation is 1. The Morgan fingerprint density at radius 1 is 0.672 bits per heavy atom. The molecular weight excluding hydrogens is 723 g/mol. The predicted molar refractivity (Wildman–Crippen MR) is 231 cm³/mol. The summed E-state index contributed by atoms with van der Waals surface area (Å²) in [6.07, 6.45) is 8.46. The maximum absolute atomic E-state index is 7.29. The molecule has 11 rings (SSSR count). The lowest BCUT2D eigenvalue weighted by Crippen LogP contribution is -2.55. The Morgan fingerprint density at radius 2 is 1.29 bits per heavy atom. The van der Waals surface area contributed by atoms with Crippen molar-refractivity contribution < 1.29 is 28.1 Å². The number of allylic oxidation sites excluding steroid dienone is 2. The first-order valence-corrected chi connectivity index (χ1v) is 20.8. The van der Waals surface area contributed by atoms with Crippen molar-refractivity contribution in [2.75, 3.05) is 36.2 Å². The second-order valence-electron chi connectivity index (χ2n) is 18.5. The number of benzene rings is 4. The molecule has 0 radical (unpaired) electrons. The Balaban J connectivity index is 1.21. The van der Waals surface area contributed by atoms with Crippen molar-refractivity contribution >= 4 is 57.2 Å². The quantitative estimate of drug-likeness (QED) is 0.164. The molecule has 0 spiro atoms. The molecule has 0 saturated carbocycles. The summed E-state index contributed by atoms with van der Waals surface area (Å²) in [4.78, 5) is 4.83. The first kappa shape index (κ1) is 35.5. The van der Waals surface area contributed by atoms with Crippen LogP contribution in [0.15, 0.2) is 106 Å². The monoisotopic (exact) mass is 772 g/mol. The molecule has 5 aliphatic heterocycles. The molecule has 0 amide bonds. The van der Waals surface area contributed by atoms with E-state index in [1.54, 1.807) is 0 Å². The van der Waals surface area contributed by atoms with E-state index >= 15 is 0 Å². The Hall–Kier alpha value is -5.70. The van der Waals surface area contributed by atoms with E-state index in [9.17, 15) is 0 Å². The maximum atomic E-state index is 7.29. The van der Waals surface area contributed by atoms with Gasteiger partial charge in [0, 0.05) is 47.4 Å². The molecule has 0 saturated heterocycles. The molecule has 0 fully saturated rings. The van der Waals surface area contributed by atoms with Gasteiger partial charge in [0.15, 0.2) is 23.0 Å². The number of hydrogen-bond acceptors (Lipinski definition) is 8. The fourth-order valence-corrected chi connectivity index (χ4v) is 9.54. The van der Waals surface area contributed by atoms with Gasteiger partial charge in [0.2, 0.25) is 0 Å². The van der Waals surface area contributed by atoms with Crippen LogP contribution < -0.4 is 39.9 Å². The third kappa shape index (κ3) is 5.41. The number of anilines is 5. The molecule has 2 unspecified atom stereocenters. The van der Waals surface area contributed by atoms with E-state index < -0.39 is 0 Å². The maximum Gasteiger partial charge on any atom is 0.340 e. The molecule has 0 bridgehead atoms. The molecular formula is C49H49BN2O6. The van der Waals surface area contributed by atoms with Crippen molar-refractivity contribution in [2.24, 2.45) is 11.3 Å². The Bertz CT molecular complexity index is 2640. The molecule has 4 aromatic carbocycles. The van der Waals surface area contributed by atoms with Gasteiger partial charge in [-0.25, -0.2) is 0 Å². The lowest BCUT2D eigenvalue weighted by atomic mass is 9.37. The highest BCUT2D eigenvalue weighted by atomic mass is 16.5. The molecule has 1 aromatic heterocycles. The van der Waals surface area contributed by atoms with Gasteiger partial charge >= 0.3 is 6.71 Å².